The number of likely N-dealkylation sites (tertiary alicyclic amines) is 1. The van der Waals surface area contributed by atoms with Crippen molar-refractivity contribution in [2.24, 2.45) is 0 Å². The maximum atomic E-state index is 13.9. The topological polar surface area (TPSA) is 73.9 Å². The number of benzene rings is 3. The minimum atomic E-state index is -0.109. The summed E-state index contributed by atoms with van der Waals surface area (Å²) in [5, 5.41) is 6.35. The molecular weight excluding hydrogens is 524 g/mol. The average molecular weight is 569 g/mol. The van der Waals surface area contributed by atoms with Crippen LogP contribution in [0.3, 0.4) is 0 Å². The highest BCUT2D eigenvalue weighted by Gasteiger charge is 2.25. The Morgan fingerprint density at radius 1 is 0.833 bits per heavy atom. The third-order valence-electron chi connectivity index (χ3n) is 8.25. The molecule has 42 heavy (non-hydrogen) atoms. The van der Waals surface area contributed by atoms with Gasteiger partial charge in [0.2, 0.25) is 5.91 Å². The summed E-state index contributed by atoms with van der Waals surface area (Å²) in [6, 6.07) is 26.5. The van der Waals surface area contributed by atoms with E-state index in [0.717, 1.165) is 49.2 Å². The smallest absolute Gasteiger partial charge is 0.251 e. The Balaban J connectivity index is 1.40. The zero-order valence-electron chi connectivity index (χ0n) is 24.6. The Labute approximate surface area is 250 Å². The van der Waals surface area contributed by atoms with Crippen LogP contribution in [0.1, 0.15) is 71.6 Å². The SMILES string of the molecule is O=C1CN(Cc2ccccc2)Cc2c(cccc2C(=O)NCC(c2ccccc2)N2CCCCC2)OCCCCCN1. The number of nitrogens with zero attached hydrogens (tertiary/aromatic N) is 2. The summed E-state index contributed by atoms with van der Waals surface area (Å²) in [7, 11) is 0. The Hall–Kier alpha value is -3.68. The van der Waals surface area contributed by atoms with Crippen LogP contribution in [0, 0.1) is 0 Å². The molecule has 7 heteroatoms. The van der Waals surface area contributed by atoms with Gasteiger partial charge in [-0.1, -0.05) is 73.2 Å². The van der Waals surface area contributed by atoms with Crippen LogP contribution in [-0.4, -0.2) is 60.9 Å². The van der Waals surface area contributed by atoms with Gasteiger partial charge >= 0.3 is 0 Å². The van der Waals surface area contributed by atoms with Gasteiger partial charge in [0, 0.05) is 37.3 Å². The van der Waals surface area contributed by atoms with Gasteiger partial charge < -0.3 is 15.4 Å². The van der Waals surface area contributed by atoms with Crippen molar-refractivity contribution in [1.82, 2.24) is 20.4 Å². The number of piperidine rings is 1. The van der Waals surface area contributed by atoms with Crippen LogP contribution in [0.2, 0.25) is 0 Å². The largest absolute Gasteiger partial charge is 0.493 e. The van der Waals surface area contributed by atoms with Crippen LogP contribution in [0.25, 0.3) is 0 Å². The highest BCUT2D eigenvalue weighted by Crippen LogP contribution is 2.27. The zero-order chi connectivity index (χ0) is 29.0. The van der Waals surface area contributed by atoms with E-state index in [9.17, 15) is 9.59 Å². The molecule has 1 unspecified atom stereocenters. The molecule has 0 radical (unpaired) electrons. The number of carbonyl (C=O) groups excluding carboxylic acids is 2. The fourth-order valence-electron chi connectivity index (χ4n) is 6.03. The second-order valence-electron chi connectivity index (χ2n) is 11.4. The molecule has 5 rings (SSSR count). The molecule has 0 spiro atoms. The minimum Gasteiger partial charge on any atom is -0.493 e. The van der Waals surface area contributed by atoms with Crippen LogP contribution in [0.15, 0.2) is 78.9 Å². The molecule has 2 heterocycles. The van der Waals surface area contributed by atoms with E-state index in [-0.39, 0.29) is 24.4 Å². The van der Waals surface area contributed by atoms with E-state index in [2.05, 4.69) is 56.8 Å². The first-order valence-corrected chi connectivity index (χ1v) is 15.5. The molecule has 1 fully saturated rings. The van der Waals surface area contributed by atoms with Crippen LogP contribution in [-0.2, 0) is 17.9 Å². The van der Waals surface area contributed by atoms with Crippen LogP contribution < -0.4 is 15.4 Å². The van der Waals surface area contributed by atoms with E-state index in [0.29, 0.717) is 38.3 Å². The summed E-state index contributed by atoms with van der Waals surface area (Å²) >= 11 is 0. The van der Waals surface area contributed by atoms with E-state index < -0.39 is 0 Å². The maximum absolute atomic E-state index is 13.9. The van der Waals surface area contributed by atoms with Gasteiger partial charge in [0.15, 0.2) is 0 Å². The molecule has 7 nitrogen and oxygen atoms in total. The first-order valence-electron chi connectivity index (χ1n) is 15.5. The molecule has 1 atom stereocenters. The van der Waals surface area contributed by atoms with Crippen molar-refractivity contribution in [2.45, 2.75) is 57.7 Å². The van der Waals surface area contributed by atoms with Gasteiger partial charge in [0.1, 0.15) is 5.75 Å². The monoisotopic (exact) mass is 568 g/mol. The number of ether oxygens (including phenoxy) is 1. The molecular formula is C35H44N4O3. The lowest BCUT2D eigenvalue weighted by Crippen LogP contribution is -2.41. The lowest BCUT2D eigenvalue weighted by molar-refractivity contribution is -0.122. The molecule has 3 aromatic carbocycles. The zero-order valence-corrected chi connectivity index (χ0v) is 24.6. The first kappa shape index (κ1) is 29.8. The molecule has 2 aliphatic heterocycles. The summed E-state index contributed by atoms with van der Waals surface area (Å²) in [6.45, 7) is 5.12. The normalized spacial score (nSPS) is 18.2. The third-order valence-corrected chi connectivity index (χ3v) is 8.25. The molecule has 0 bridgehead atoms. The molecule has 2 N–H and O–H groups in total. The van der Waals surface area contributed by atoms with E-state index in [1.807, 2.05) is 42.5 Å². The van der Waals surface area contributed by atoms with Crippen LogP contribution in [0.5, 0.6) is 5.75 Å². The van der Waals surface area contributed by atoms with Crippen molar-refractivity contribution < 1.29 is 14.3 Å². The standard InChI is InChI=1S/C35H44N4O3/c40-34-27-38(25-28-14-5-1-6-15-28)26-31-30(18-13-19-33(31)42-23-12-3-9-20-36-34)35(41)37-24-32(29-16-7-2-8-17-29)39-21-10-4-11-22-39/h1-2,5-8,13-19,32H,3-4,9-12,20-27H2,(H,36,40)(H,37,41). The molecule has 0 saturated carbocycles. The van der Waals surface area contributed by atoms with Gasteiger partial charge in [-0.15, -0.1) is 0 Å². The summed E-state index contributed by atoms with van der Waals surface area (Å²) in [5.41, 5.74) is 3.77. The summed E-state index contributed by atoms with van der Waals surface area (Å²) < 4.78 is 6.29. The van der Waals surface area contributed by atoms with Gasteiger partial charge in [0.05, 0.1) is 19.2 Å². The van der Waals surface area contributed by atoms with E-state index >= 15 is 0 Å². The summed E-state index contributed by atoms with van der Waals surface area (Å²) in [5.74, 6) is 0.611. The lowest BCUT2D eigenvalue weighted by Gasteiger charge is -2.35. The van der Waals surface area contributed by atoms with Gasteiger partial charge in [-0.3, -0.25) is 19.4 Å². The van der Waals surface area contributed by atoms with Crippen LogP contribution >= 0.6 is 0 Å². The van der Waals surface area contributed by atoms with Crippen molar-refractivity contribution in [2.75, 3.05) is 39.3 Å². The van der Waals surface area contributed by atoms with E-state index in [4.69, 9.17) is 4.74 Å². The third kappa shape index (κ3) is 8.43. The Morgan fingerprint density at radius 2 is 1.57 bits per heavy atom. The molecule has 0 aromatic heterocycles. The van der Waals surface area contributed by atoms with E-state index in [1.54, 1.807) is 0 Å². The number of hydrogen-bond acceptors (Lipinski definition) is 5. The Morgan fingerprint density at radius 3 is 2.36 bits per heavy atom. The maximum Gasteiger partial charge on any atom is 0.251 e. The fourth-order valence-corrected chi connectivity index (χ4v) is 6.03. The number of nitrogens with one attached hydrogen (secondary N) is 2. The molecule has 1 saturated heterocycles. The highest BCUT2D eigenvalue weighted by molar-refractivity contribution is 5.96. The molecule has 3 aromatic rings. The molecule has 0 aliphatic carbocycles. The second-order valence-corrected chi connectivity index (χ2v) is 11.4. The van der Waals surface area contributed by atoms with Gasteiger partial charge in [0.25, 0.3) is 5.91 Å². The number of carbonyl (C=O) groups is 2. The Kier molecular flexibility index (Phi) is 11.0. The second kappa shape index (κ2) is 15.5. The van der Waals surface area contributed by atoms with Crippen LogP contribution in [0.4, 0.5) is 0 Å². The van der Waals surface area contributed by atoms with Gasteiger partial charge in [-0.05, 0) is 68.5 Å². The quantitative estimate of drug-likeness (QED) is 0.403. The predicted octanol–water partition coefficient (Wildman–Crippen LogP) is 5.32. The van der Waals surface area contributed by atoms with Gasteiger partial charge in [-0.25, -0.2) is 0 Å². The number of hydrogen-bond donors (Lipinski definition) is 2. The lowest BCUT2D eigenvalue weighted by atomic mass is 10.0. The number of amides is 2. The van der Waals surface area contributed by atoms with E-state index in [1.165, 1.54) is 24.8 Å². The fraction of sp³-hybridized carbons (Fsp3) is 0.429. The number of rotatable bonds is 7. The minimum absolute atomic E-state index is 0.00168. The Bertz CT molecular complexity index is 1280. The van der Waals surface area contributed by atoms with Crippen molar-refractivity contribution in [3.63, 3.8) is 0 Å². The summed E-state index contributed by atoms with van der Waals surface area (Å²) in [6.07, 6.45) is 6.42. The predicted molar refractivity (Wildman–Crippen MR) is 166 cm³/mol. The molecule has 222 valence electrons. The highest BCUT2D eigenvalue weighted by atomic mass is 16.5. The van der Waals surface area contributed by atoms with Crippen molar-refractivity contribution in [1.29, 1.82) is 0 Å². The van der Waals surface area contributed by atoms with Crippen molar-refractivity contribution in [3.05, 3.63) is 101 Å². The molecule has 2 aliphatic rings. The first-order chi connectivity index (χ1) is 20.7. The van der Waals surface area contributed by atoms with Gasteiger partial charge in [-0.2, -0.15) is 0 Å². The molecule has 2 amide bonds. The summed E-state index contributed by atoms with van der Waals surface area (Å²) in [4.78, 5) is 31.4. The van der Waals surface area contributed by atoms with Crippen molar-refractivity contribution >= 4 is 11.8 Å². The van der Waals surface area contributed by atoms with Crippen molar-refractivity contribution in [3.8, 4) is 5.75 Å². The average Bonchev–Trinajstić information content (AvgIpc) is 3.04. The number of fused-ring (bicyclic) bond motifs is 1.